The predicted octanol–water partition coefficient (Wildman–Crippen LogP) is 2.95. The number of nitrogens with one attached hydrogen (secondary N) is 1. The molecule has 0 aromatic heterocycles. The van der Waals surface area contributed by atoms with Crippen LogP contribution in [0.4, 0.5) is 10.5 Å². The van der Waals surface area contributed by atoms with Gasteiger partial charge in [0.2, 0.25) is 10.0 Å². The number of ether oxygens (including phenoxy) is 1. The molecule has 2 saturated carbocycles. The molecule has 1 aliphatic heterocycles. The van der Waals surface area contributed by atoms with Gasteiger partial charge in [-0.05, 0) is 53.9 Å². The molecule has 0 radical (unpaired) electrons. The average Bonchev–Trinajstić information content (AvgIpc) is 3.00. The highest BCUT2D eigenvalue weighted by Gasteiger charge is 2.65. The van der Waals surface area contributed by atoms with Crippen LogP contribution in [-0.4, -0.2) is 44.6 Å². The second kappa shape index (κ2) is 6.72. The summed E-state index contributed by atoms with van der Waals surface area (Å²) in [4.78, 5) is 26.1. The van der Waals surface area contributed by atoms with Gasteiger partial charge in [0.15, 0.2) is 0 Å². The minimum atomic E-state index is -3.70. The number of fused-ring (bicyclic) bond motifs is 3. The van der Waals surface area contributed by atoms with Crippen LogP contribution in [0.2, 0.25) is 0 Å². The zero-order chi connectivity index (χ0) is 21.0. The summed E-state index contributed by atoms with van der Waals surface area (Å²) < 4.78 is 33.5. The van der Waals surface area contributed by atoms with Crippen LogP contribution < -0.4 is 4.72 Å². The molecule has 8 heteroatoms. The number of sulfonamides is 1. The van der Waals surface area contributed by atoms with Crippen molar-refractivity contribution in [2.24, 2.45) is 16.7 Å². The van der Waals surface area contributed by atoms with Crippen LogP contribution in [0.25, 0.3) is 0 Å². The molecule has 1 aromatic carbocycles. The molecule has 0 unspecified atom stereocenters. The van der Waals surface area contributed by atoms with Crippen molar-refractivity contribution in [3.8, 4) is 0 Å². The Balaban J connectivity index is 1.54. The smallest absolute Gasteiger partial charge is 0.409 e. The molecule has 7 nitrogen and oxygen atoms in total. The summed E-state index contributed by atoms with van der Waals surface area (Å²) in [5.41, 5.74) is 1.37. The fourth-order valence-corrected chi connectivity index (χ4v) is 7.44. The van der Waals surface area contributed by atoms with E-state index in [-0.39, 0.29) is 22.9 Å². The van der Waals surface area contributed by atoms with E-state index in [0.29, 0.717) is 38.0 Å². The van der Waals surface area contributed by atoms with Gasteiger partial charge in [0.25, 0.3) is 0 Å². The Labute approximate surface area is 171 Å². The quantitative estimate of drug-likeness (QED) is 0.808. The minimum Gasteiger partial charge on any atom is -0.453 e. The van der Waals surface area contributed by atoms with Gasteiger partial charge in [0, 0.05) is 25.2 Å². The van der Waals surface area contributed by atoms with Crippen molar-refractivity contribution in [2.45, 2.75) is 46.1 Å². The van der Waals surface area contributed by atoms with Crippen molar-refractivity contribution in [2.75, 3.05) is 24.1 Å². The Hall–Kier alpha value is -2.09. The third-order valence-electron chi connectivity index (χ3n) is 7.50. The van der Waals surface area contributed by atoms with Crippen LogP contribution in [-0.2, 0) is 32.5 Å². The second-order valence-electron chi connectivity index (χ2n) is 9.15. The van der Waals surface area contributed by atoms with Crippen LogP contribution in [0.1, 0.15) is 44.2 Å². The van der Waals surface area contributed by atoms with E-state index in [1.807, 2.05) is 19.9 Å². The van der Waals surface area contributed by atoms with Gasteiger partial charge in [-0.15, -0.1) is 0 Å². The zero-order valence-corrected chi connectivity index (χ0v) is 18.0. The van der Waals surface area contributed by atoms with Crippen LogP contribution in [0.15, 0.2) is 18.2 Å². The van der Waals surface area contributed by atoms with Gasteiger partial charge in [-0.2, -0.15) is 0 Å². The maximum absolute atomic E-state index is 13.0. The standard InChI is InChI=1S/C21H28N2O5S/c1-20(2)16-6-8-21(20,18(24)11-16)13-29(26,27)22-17-5-4-14-7-9-23(19(25)28-3)12-15(14)10-17/h4-5,10,16,22H,6-9,11-13H2,1-3H3/t16-,21+/m1/s1. The van der Waals surface area contributed by atoms with Crippen molar-refractivity contribution in [1.82, 2.24) is 4.90 Å². The lowest BCUT2D eigenvalue weighted by molar-refractivity contribution is -0.128. The van der Waals surface area contributed by atoms with Crippen molar-refractivity contribution >= 4 is 27.6 Å². The maximum Gasteiger partial charge on any atom is 0.409 e. The summed E-state index contributed by atoms with van der Waals surface area (Å²) in [7, 11) is -2.35. The SMILES string of the molecule is COC(=O)N1CCc2ccc(NS(=O)(=O)C[C@@]34CC[C@H](CC3=O)C4(C)C)cc2C1. The highest BCUT2D eigenvalue weighted by Crippen LogP contribution is 2.64. The van der Waals surface area contributed by atoms with E-state index in [4.69, 9.17) is 4.74 Å². The van der Waals surface area contributed by atoms with E-state index in [9.17, 15) is 18.0 Å². The molecule has 1 heterocycles. The lowest BCUT2D eigenvalue weighted by Gasteiger charge is -2.36. The van der Waals surface area contributed by atoms with E-state index in [1.165, 1.54) is 7.11 Å². The molecule has 2 atom stereocenters. The van der Waals surface area contributed by atoms with Gasteiger partial charge >= 0.3 is 6.09 Å². The molecule has 3 aliphatic rings. The number of rotatable bonds is 4. The number of hydrogen-bond donors (Lipinski definition) is 1. The normalized spacial score (nSPS) is 27.6. The fourth-order valence-electron chi connectivity index (χ4n) is 5.55. The summed E-state index contributed by atoms with van der Waals surface area (Å²) in [6, 6.07) is 5.43. The molecule has 0 spiro atoms. The fraction of sp³-hybridized carbons (Fsp3) is 0.619. The minimum absolute atomic E-state index is 0.0864. The largest absolute Gasteiger partial charge is 0.453 e. The molecule has 0 saturated heterocycles. The summed E-state index contributed by atoms with van der Waals surface area (Å²) in [6.07, 6.45) is 2.35. The molecule has 1 aromatic rings. The number of amides is 1. The van der Waals surface area contributed by atoms with Gasteiger partial charge in [-0.3, -0.25) is 9.52 Å². The van der Waals surface area contributed by atoms with Crippen molar-refractivity contribution in [1.29, 1.82) is 0 Å². The first kappa shape index (κ1) is 20.2. The Morgan fingerprint density at radius 1 is 1.31 bits per heavy atom. The number of carbonyl (C=O) groups is 2. The maximum atomic E-state index is 13.0. The van der Waals surface area contributed by atoms with Crippen LogP contribution in [0.3, 0.4) is 0 Å². The van der Waals surface area contributed by atoms with E-state index >= 15 is 0 Å². The van der Waals surface area contributed by atoms with Gasteiger partial charge in [-0.25, -0.2) is 13.2 Å². The monoisotopic (exact) mass is 420 g/mol. The number of benzene rings is 1. The van der Waals surface area contributed by atoms with Crippen LogP contribution in [0.5, 0.6) is 0 Å². The van der Waals surface area contributed by atoms with Gasteiger partial charge in [0.1, 0.15) is 5.78 Å². The Bertz CT molecular complexity index is 971. The van der Waals surface area contributed by atoms with E-state index < -0.39 is 21.5 Å². The lowest BCUT2D eigenvalue weighted by atomic mass is 9.70. The second-order valence-corrected chi connectivity index (χ2v) is 10.9. The number of nitrogens with zero attached hydrogens (tertiary/aromatic N) is 1. The Kier molecular flexibility index (Phi) is 4.68. The molecule has 1 N–H and O–H groups in total. The molecule has 2 bridgehead atoms. The van der Waals surface area contributed by atoms with Gasteiger partial charge < -0.3 is 9.64 Å². The molecular formula is C21H28N2O5S. The third-order valence-corrected chi connectivity index (χ3v) is 8.92. The molecule has 158 valence electrons. The summed E-state index contributed by atoms with van der Waals surface area (Å²) in [6.45, 7) is 5.02. The number of ketones is 1. The Morgan fingerprint density at radius 3 is 2.69 bits per heavy atom. The van der Waals surface area contributed by atoms with Gasteiger partial charge in [-0.1, -0.05) is 19.9 Å². The molecule has 4 rings (SSSR count). The highest BCUT2D eigenvalue weighted by molar-refractivity contribution is 7.92. The van der Waals surface area contributed by atoms with E-state index in [1.54, 1.807) is 17.0 Å². The van der Waals surface area contributed by atoms with Crippen LogP contribution in [0, 0.1) is 16.7 Å². The van der Waals surface area contributed by atoms with E-state index in [2.05, 4.69) is 4.72 Å². The average molecular weight is 421 g/mol. The van der Waals surface area contributed by atoms with Gasteiger partial charge in [0.05, 0.1) is 18.3 Å². The summed E-state index contributed by atoms with van der Waals surface area (Å²) in [5.74, 6) is 0.190. The molecule has 2 fully saturated rings. The number of Topliss-reactive ketones (excluding diaryl/α,β-unsaturated/α-hetero) is 1. The first-order valence-electron chi connectivity index (χ1n) is 10.1. The summed E-state index contributed by atoms with van der Waals surface area (Å²) in [5, 5.41) is 0. The first-order valence-corrected chi connectivity index (χ1v) is 11.7. The van der Waals surface area contributed by atoms with Crippen molar-refractivity contribution < 1.29 is 22.7 Å². The predicted molar refractivity (Wildman–Crippen MR) is 109 cm³/mol. The summed E-state index contributed by atoms with van der Waals surface area (Å²) >= 11 is 0. The number of methoxy groups -OCH3 is 1. The van der Waals surface area contributed by atoms with E-state index in [0.717, 1.165) is 17.5 Å². The highest BCUT2D eigenvalue weighted by atomic mass is 32.2. The number of carbonyl (C=O) groups excluding carboxylic acids is 2. The van der Waals surface area contributed by atoms with Crippen molar-refractivity contribution in [3.05, 3.63) is 29.3 Å². The molecular weight excluding hydrogens is 392 g/mol. The number of hydrogen-bond acceptors (Lipinski definition) is 5. The first-order chi connectivity index (χ1) is 13.6. The molecule has 2 aliphatic carbocycles. The third kappa shape index (κ3) is 3.21. The molecule has 29 heavy (non-hydrogen) atoms. The Morgan fingerprint density at radius 2 is 2.07 bits per heavy atom. The van der Waals surface area contributed by atoms with Crippen molar-refractivity contribution in [3.63, 3.8) is 0 Å². The zero-order valence-electron chi connectivity index (χ0n) is 17.2. The lowest BCUT2D eigenvalue weighted by Crippen LogP contribution is -2.43. The van der Waals surface area contributed by atoms with Crippen LogP contribution >= 0.6 is 0 Å². The molecule has 1 amide bonds. The number of anilines is 1. The topological polar surface area (TPSA) is 92.8 Å².